The van der Waals surface area contributed by atoms with Gasteiger partial charge in [0.25, 0.3) is 0 Å². The second-order valence-electron chi connectivity index (χ2n) is 6.78. The first-order valence-corrected chi connectivity index (χ1v) is 9.14. The summed E-state index contributed by atoms with van der Waals surface area (Å²) in [6.07, 6.45) is 2.91. The fourth-order valence-electron chi connectivity index (χ4n) is 3.86. The quantitative estimate of drug-likeness (QED) is 0.651. The zero-order valence-corrected chi connectivity index (χ0v) is 15.6. The van der Waals surface area contributed by atoms with Crippen LogP contribution in [0.25, 0.3) is 16.8 Å². The first-order chi connectivity index (χ1) is 13.2. The summed E-state index contributed by atoms with van der Waals surface area (Å²) in [6.45, 7) is 1.49. The average molecular weight is 365 g/mol. The van der Waals surface area contributed by atoms with Crippen LogP contribution in [-0.2, 0) is 4.79 Å². The second kappa shape index (κ2) is 7.31. The highest BCUT2D eigenvalue weighted by molar-refractivity contribution is 5.79. The summed E-state index contributed by atoms with van der Waals surface area (Å²) in [7, 11) is 3.33. The zero-order valence-electron chi connectivity index (χ0n) is 15.6. The molecule has 1 unspecified atom stereocenters. The van der Waals surface area contributed by atoms with Gasteiger partial charge >= 0.3 is 0 Å². The maximum atomic E-state index is 11.3. The Hall–Kier alpha value is -3.02. The summed E-state index contributed by atoms with van der Waals surface area (Å²) >= 11 is 0. The van der Waals surface area contributed by atoms with E-state index in [4.69, 9.17) is 14.5 Å². The molecule has 1 aliphatic heterocycles. The van der Waals surface area contributed by atoms with Gasteiger partial charge in [0.2, 0.25) is 6.41 Å². The van der Waals surface area contributed by atoms with Crippen LogP contribution in [-0.4, -0.2) is 48.0 Å². The number of hydrogen-bond donors (Lipinski definition) is 0. The van der Waals surface area contributed by atoms with Crippen molar-refractivity contribution in [1.29, 1.82) is 0 Å². The molecule has 1 aliphatic rings. The van der Waals surface area contributed by atoms with Crippen LogP contribution in [0.15, 0.2) is 42.5 Å². The van der Waals surface area contributed by atoms with Crippen LogP contribution in [0, 0.1) is 0 Å². The van der Waals surface area contributed by atoms with E-state index in [1.807, 2.05) is 47.4 Å². The molecule has 1 amide bonds. The van der Waals surface area contributed by atoms with Gasteiger partial charge in [-0.1, -0.05) is 18.2 Å². The van der Waals surface area contributed by atoms with Crippen molar-refractivity contribution in [1.82, 2.24) is 14.3 Å². The number of imidazole rings is 1. The predicted octanol–water partition coefficient (Wildman–Crippen LogP) is 3.35. The normalized spacial score (nSPS) is 17.1. The maximum Gasteiger partial charge on any atom is 0.209 e. The fourth-order valence-corrected chi connectivity index (χ4v) is 3.86. The topological polar surface area (TPSA) is 56.1 Å². The van der Waals surface area contributed by atoms with Gasteiger partial charge in [0.1, 0.15) is 11.6 Å². The molecule has 1 aromatic carbocycles. The van der Waals surface area contributed by atoms with Crippen LogP contribution >= 0.6 is 0 Å². The minimum atomic E-state index is 0.173. The molecule has 0 radical (unpaired) electrons. The van der Waals surface area contributed by atoms with Gasteiger partial charge in [0.05, 0.1) is 25.4 Å². The molecule has 4 rings (SSSR count). The lowest BCUT2D eigenvalue weighted by Crippen LogP contribution is -2.33. The van der Waals surface area contributed by atoms with Gasteiger partial charge in [-0.3, -0.25) is 9.20 Å². The number of ether oxygens (including phenoxy) is 2. The van der Waals surface area contributed by atoms with E-state index in [1.165, 1.54) is 0 Å². The number of amides is 1. The number of aromatic nitrogens is 2. The predicted molar refractivity (Wildman–Crippen MR) is 103 cm³/mol. The molecule has 1 atom stereocenters. The second-order valence-corrected chi connectivity index (χ2v) is 6.78. The number of fused-ring (bicyclic) bond motifs is 1. The third kappa shape index (κ3) is 3.12. The van der Waals surface area contributed by atoms with Crippen molar-refractivity contribution in [3.8, 4) is 22.9 Å². The lowest BCUT2D eigenvalue weighted by atomic mass is 9.97. The lowest BCUT2D eigenvalue weighted by Gasteiger charge is -2.29. The molecule has 0 bridgehead atoms. The van der Waals surface area contributed by atoms with Crippen molar-refractivity contribution in [2.45, 2.75) is 18.8 Å². The number of pyridine rings is 1. The van der Waals surface area contributed by atoms with Gasteiger partial charge in [-0.25, -0.2) is 4.98 Å². The Balaban J connectivity index is 1.89. The Morgan fingerprint density at radius 2 is 2.00 bits per heavy atom. The number of carbonyl (C=O) groups excluding carboxylic acids is 1. The van der Waals surface area contributed by atoms with Crippen molar-refractivity contribution in [3.63, 3.8) is 0 Å². The van der Waals surface area contributed by atoms with E-state index in [2.05, 4.69) is 4.40 Å². The van der Waals surface area contributed by atoms with E-state index in [-0.39, 0.29) is 5.92 Å². The van der Waals surface area contributed by atoms with Gasteiger partial charge in [-0.2, -0.15) is 0 Å². The summed E-state index contributed by atoms with van der Waals surface area (Å²) in [4.78, 5) is 18.1. The van der Waals surface area contributed by atoms with E-state index in [1.54, 1.807) is 14.2 Å². The molecule has 27 heavy (non-hydrogen) atoms. The number of hydrogen-bond acceptors (Lipinski definition) is 4. The van der Waals surface area contributed by atoms with Gasteiger partial charge in [-0.05, 0) is 37.1 Å². The molecule has 3 aromatic rings. The van der Waals surface area contributed by atoms with E-state index < -0.39 is 0 Å². The molecule has 1 saturated heterocycles. The van der Waals surface area contributed by atoms with E-state index >= 15 is 0 Å². The largest absolute Gasteiger partial charge is 0.497 e. The van der Waals surface area contributed by atoms with Gasteiger partial charge < -0.3 is 14.4 Å². The number of piperidine rings is 1. The summed E-state index contributed by atoms with van der Waals surface area (Å²) in [6, 6.07) is 13.9. The molecule has 3 heterocycles. The summed E-state index contributed by atoms with van der Waals surface area (Å²) in [5.41, 5.74) is 2.88. The smallest absolute Gasteiger partial charge is 0.209 e. The maximum absolute atomic E-state index is 11.3. The van der Waals surface area contributed by atoms with E-state index in [9.17, 15) is 4.79 Å². The van der Waals surface area contributed by atoms with Crippen molar-refractivity contribution < 1.29 is 14.3 Å². The van der Waals surface area contributed by atoms with Crippen LogP contribution in [0.2, 0.25) is 0 Å². The Morgan fingerprint density at radius 1 is 1.15 bits per heavy atom. The van der Waals surface area contributed by atoms with Crippen LogP contribution in [0.5, 0.6) is 11.6 Å². The van der Waals surface area contributed by atoms with Crippen LogP contribution in [0.1, 0.15) is 24.6 Å². The van der Waals surface area contributed by atoms with Gasteiger partial charge in [-0.15, -0.1) is 0 Å². The molecule has 0 spiro atoms. The average Bonchev–Trinajstić information content (AvgIpc) is 3.13. The molecule has 2 aromatic heterocycles. The fraction of sp³-hybridized carbons (Fsp3) is 0.333. The summed E-state index contributed by atoms with van der Waals surface area (Å²) < 4.78 is 13.1. The third-order valence-electron chi connectivity index (χ3n) is 5.17. The van der Waals surface area contributed by atoms with Gasteiger partial charge in [0, 0.05) is 24.6 Å². The lowest BCUT2D eigenvalue weighted by molar-refractivity contribution is -0.119. The highest BCUT2D eigenvalue weighted by Crippen LogP contribution is 2.35. The number of rotatable bonds is 5. The number of nitrogens with zero attached hydrogens (tertiary/aromatic N) is 3. The molecule has 0 aliphatic carbocycles. The molecule has 1 fully saturated rings. The Labute approximate surface area is 158 Å². The molecule has 0 saturated carbocycles. The van der Waals surface area contributed by atoms with Crippen molar-refractivity contribution in [3.05, 3.63) is 48.3 Å². The highest BCUT2D eigenvalue weighted by atomic mass is 16.5. The van der Waals surface area contributed by atoms with Crippen LogP contribution < -0.4 is 9.47 Å². The monoisotopic (exact) mass is 365 g/mol. The first kappa shape index (κ1) is 17.4. The van der Waals surface area contributed by atoms with E-state index in [0.717, 1.165) is 60.0 Å². The molecular formula is C21H23N3O3. The SMILES string of the molecule is COc1cccc(-c2nc(C3CCCN(C=O)C3)n3c(OC)cccc23)c1. The van der Waals surface area contributed by atoms with Crippen molar-refractivity contribution >= 4 is 11.9 Å². The van der Waals surface area contributed by atoms with Crippen molar-refractivity contribution in [2.75, 3.05) is 27.3 Å². The van der Waals surface area contributed by atoms with Crippen LogP contribution in [0.3, 0.4) is 0 Å². The minimum absolute atomic E-state index is 0.173. The Morgan fingerprint density at radius 3 is 2.78 bits per heavy atom. The summed E-state index contributed by atoms with van der Waals surface area (Å²) in [5.74, 6) is 2.65. The molecular weight excluding hydrogens is 342 g/mol. The Kier molecular flexibility index (Phi) is 4.71. The Bertz CT molecular complexity index is 966. The third-order valence-corrected chi connectivity index (χ3v) is 5.17. The molecule has 0 N–H and O–H groups in total. The number of carbonyl (C=O) groups is 1. The van der Waals surface area contributed by atoms with Crippen molar-refractivity contribution in [2.24, 2.45) is 0 Å². The zero-order chi connectivity index (χ0) is 18.8. The molecule has 6 nitrogen and oxygen atoms in total. The number of likely N-dealkylation sites (tertiary alicyclic amines) is 1. The minimum Gasteiger partial charge on any atom is -0.497 e. The highest BCUT2D eigenvalue weighted by Gasteiger charge is 2.27. The number of methoxy groups -OCH3 is 2. The number of benzene rings is 1. The summed E-state index contributed by atoms with van der Waals surface area (Å²) in [5, 5.41) is 0. The standard InChI is InChI=1S/C21H23N3O3/c1-26-17-8-3-6-15(12-17)20-18-9-4-10-19(27-2)24(18)21(22-20)16-7-5-11-23(13-16)14-25/h3-4,6,8-10,12,14,16H,5,7,11,13H2,1-2H3. The molecule has 140 valence electrons. The van der Waals surface area contributed by atoms with Crippen LogP contribution in [0.4, 0.5) is 0 Å². The van der Waals surface area contributed by atoms with Gasteiger partial charge in [0.15, 0.2) is 5.88 Å². The van der Waals surface area contributed by atoms with E-state index in [0.29, 0.717) is 6.54 Å². The first-order valence-electron chi connectivity index (χ1n) is 9.14. The molecule has 6 heteroatoms.